The SMILES string of the molecule is COC(=O)N1C[C@H](c2cc(F)cc(F)c2)[C@@H]2[C@H]1C1CCN2CC1. The van der Waals surface area contributed by atoms with Gasteiger partial charge in [0.25, 0.3) is 0 Å². The van der Waals surface area contributed by atoms with E-state index in [0.29, 0.717) is 18.0 Å². The summed E-state index contributed by atoms with van der Waals surface area (Å²) < 4.78 is 32.3. The van der Waals surface area contributed by atoms with Crippen LogP contribution in [0.3, 0.4) is 0 Å². The van der Waals surface area contributed by atoms with Crippen LogP contribution in [0, 0.1) is 17.6 Å². The van der Waals surface area contributed by atoms with Crippen molar-refractivity contribution in [3.8, 4) is 0 Å². The van der Waals surface area contributed by atoms with E-state index < -0.39 is 11.6 Å². The lowest BCUT2D eigenvalue weighted by Crippen LogP contribution is -2.60. The van der Waals surface area contributed by atoms with Gasteiger partial charge in [-0.1, -0.05) is 0 Å². The van der Waals surface area contributed by atoms with Gasteiger partial charge < -0.3 is 9.64 Å². The molecule has 4 aliphatic heterocycles. The fraction of sp³-hybridized carbons (Fsp3) is 0.588. The van der Waals surface area contributed by atoms with Gasteiger partial charge in [-0.3, -0.25) is 4.90 Å². The average Bonchev–Trinajstić information content (AvgIpc) is 2.97. The van der Waals surface area contributed by atoms with Crippen LogP contribution in [0.4, 0.5) is 13.6 Å². The molecule has 0 N–H and O–H groups in total. The molecule has 0 radical (unpaired) electrons. The lowest BCUT2D eigenvalue weighted by Gasteiger charge is -2.50. The van der Waals surface area contributed by atoms with E-state index in [0.717, 1.165) is 32.0 Å². The fourth-order valence-electron chi connectivity index (χ4n) is 4.83. The van der Waals surface area contributed by atoms with Crippen molar-refractivity contribution in [3.63, 3.8) is 0 Å². The van der Waals surface area contributed by atoms with Crippen LogP contribution < -0.4 is 0 Å². The fourth-order valence-corrected chi connectivity index (χ4v) is 4.83. The van der Waals surface area contributed by atoms with E-state index in [9.17, 15) is 13.6 Å². The third-order valence-corrected chi connectivity index (χ3v) is 5.72. The molecule has 5 rings (SSSR count). The van der Waals surface area contributed by atoms with Gasteiger partial charge in [0.1, 0.15) is 11.6 Å². The molecule has 4 nitrogen and oxygen atoms in total. The van der Waals surface area contributed by atoms with Gasteiger partial charge in [-0.25, -0.2) is 13.6 Å². The number of rotatable bonds is 1. The number of fused-ring (bicyclic) bond motifs is 2. The third-order valence-electron chi connectivity index (χ3n) is 5.72. The maximum Gasteiger partial charge on any atom is 0.409 e. The number of hydrogen-bond acceptors (Lipinski definition) is 3. The van der Waals surface area contributed by atoms with Gasteiger partial charge in [-0.05, 0) is 49.5 Å². The first-order valence-electron chi connectivity index (χ1n) is 8.13. The zero-order valence-corrected chi connectivity index (χ0v) is 13.0. The van der Waals surface area contributed by atoms with Crippen LogP contribution in [0.2, 0.25) is 0 Å². The first kappa shape index (κ1) is 14.9. The maximum absolute atomic E-state index is 13.7. The molecule has 3 atom stereocenters. The van der Waals surface area contributed by atoms with Crippen molar-refractivity contribution in [1.82, 2.24) is 9.80 Å². The summed E-state index contributed by atoms with van der Waals surface area (Å²) in [6.45, 7) is 2.45. The number of halogens is 2. The van der Waals surface area contributed by atoms with Crippen molar-refractivity contribution >= 4 is 6.09 Å². The van der Waals surface area contributed by atoms with E-state index >= 15 is 0 Å². The number of likely N-dealkylation sites (tertiary alicyclic amines) is 1. The number of nitrogens with zero attached hydrogens (tertiary/aromatic N) is 2. The third kappa shape index (κ3) is 2.31. The number of carbonyl (C=O) groups is 1. The number of carbonyl (C=O) groups excluding carboxylic acids is 1. The first-order valence-corrected chi connectivity index (χ1v) is 8.13. The minimum atomic E-state index is -0.566. The Morgan fingerprint density at radius 1 is 1.13 bits per heavy atom. The van der Waals surface area contributed by atoms with Crippen molar-refractivity contribution in [2.24, 2.45) is 5.92 Å². The number of amides is 1. The molecule has 0 aliphatic carbocycles. The maximum atomic E-state index is 13.7. The molecule has 0 unspecified atom stereocenters. The highest BCUT2D eigenvalue weighted by Gasteiger charge is 2.55. The molecular formula is C17H20F2N2O2. The molecule has 0 aromatic heterocycles. The molecule has 1 amide bonds. The normalized spacial score (nSPS) is 35.3. The van der Waals surface area contributed by atoms with Crippen LogP contribution in [0.5, 0.6) is 0 Å². The number of piperidine rings is 3. The lowest BCUT2D eigenvalue weighted by atomic mass is 9.75. The van der Waals surface area contributed by atoms with Crippen LogP contribution >= 0.6 is 0 Å². The Labute approximate surface area is 134 Å². The molecule has 2 bridgehead atoms. The van der Waals surface area contributed by atoms with Crippen molar-refractivity contribution in [3.05, 3.63) is 35.4 Å². The van der Waals surface area contributed by atoms with Crippen LogP contribution in [-0.2, 0) is 4.74 Å². The Morgan fingerprint density at radius 3 is 2.39 bits per heavy atom. The second kappa shape index (κ2) is 5.44. The molecule has 4 fully saturated rings. The van der Waals surface area contributed by atoms with Crippen LogP contribution in [0.1, 0.15) is 24.3 Å². The average molecular weight is 322 g/mol. The van der Waals surface area contributed by atoms with Crippen LogP contribution in [0.15, 0.2) is 18.2 Å². The summed E-state index contributed by atoms with van der Waals surface area (Å²) in [5.74, 6) is -0.757. The van der Waals surface area contributed by atoms with Crippen LogP contribution in [-0.4, -0.2) is 54.7 Å². The molecule has 1 aromatic rings. The number of benzene rings is 1. The van der Waals surface area contributed by atoms with E-state index in [-0.39, 0.29) is 24.1 Å². The zero-order valence-electron chi connectivity index (χ0n) is 13.0. The molecule has 0 spiro atoms. The first-order chi connectivity index (χ1) is 11.1. The highest BCUT2D eigenvalue weighted by atomic mass is 19.1. The van der Waals surface area contributed by atoms with Gasteiger partial charge in [0.05, 0.1) is 13.2 Å². The Hall–Kier alpha value is -1.69. The quantitative estimate of drug-likeness (QED) is 0.797. The van der Waals surface area contributed by atoms with Gasteiger partial charge in [0.2, 0.25) is 0 Å². The highest BCUT2D eigenvalue weighted by Crippen LogP contribution is 2.46. The Kier molecular flexibility index (Phi) is 3.52. The molecule has 4 saturated heterocycles. The molecule has 4 heterocycles. The summed E-state index contributed by atoms with van der Waals surface area (Å²) in [4.78, 5) is 16.3. The number of ether oxygens (including phenoxy) is 1. The van der Waals surface area contributed by atoms with E-state index in [1.165, 1.54) is 19.2 Å². The Balaban J connectivity index is 1.74. The summed E-state index contributed by atoms with van der Waals surface area (Å²) in [7, 11) is 1.38. The van der Waals surface area contributed by atoms with Crippen molar-refractivity contribution in [2.45, 2.75) is 30.8 Å². The van der Waals surface area contributed by atoms with Gasteiger partial charge in [0.15, 0.2) is 0 Å². The van der Waals surface area contributed by atoms with E-state index in [1.807, 2.05) is 0 Å². The number of methoxy groups -OCH3 is 1. The summed E-state index contributed by atoms with van der Waals surface area (Å²) in [5, 5.41) is 0. The minimum Gasteiger partial charge on any atom is -0.453 e. The molecule has 6 heteroatoms. The molecule has 1 aromatic carbocycles. The predicted octanol–water partition coefficient (Wildman–Crippen LogP) is 2.59. The predicted molar refractivity (Wildman–Crippen MR) is 80.1 cm³/mol. The molecule has 23 heavy (non-hydrogen) atoms. The number of hydrogen-bond donors (Lipinski definition) is 0. The van der Waals surface area contributed by atoms with Crippen LogP contribution in [0.25, 0.3) is 0 Å². The van der Waals surface area contributed by atoms with E-state index in [2.05, 4.69) is 4.90 Å². The highest BCUT2D eigenvalue weighted by molar-refractivity contribution is 5.69. The topological polar surface area (TPSA) is 32.8 Å². The Bertz CT molecular complexity index is 611. The largest absolute Gasteiger partial charge is 0.453 e. The van der Waals surface area contributed by atoms with E-state index in [4.69, 9.17) is 4.74 Å². The molecule has 4 aliphatic rings. The zero-order chi connectivity index (χ0) is 16.1. The van der Waals surface area contributed by atoms with Gasteiger partial charge in [-0.15, -0.1) is 0 Å². The molecule has 124 valence electrons. The van der Waals surface area contributed by atoms with Crippen molar-refractivity contribution in [1.29, 1.82) is 0 Å². The second-order valence-electron chi connectivity index (χ2n) is 6.79. The minimum absolute atomic E-state index is 0.0765. The Morgan fingerprint density at radius 2 is 1.78 bits per heavy atom. The molecular weight excluding hydrogens is 302 g/mol. The van der Waals surface area contributed by atoms with Crippen molar-refractivity contribution < 1.29 is 18.3 Å². The van der Waals surface area contributed by atoms with E-state index in [1.54, 1.807) is 4.90 Å². The second-order valence-corrected chi connectivity index (χ2v) is 6.79. The lowest BCUT2D eigenvalue weighted by molar-refractivity contribution is -0.00490. The summed E-state index contributed by atoms with van der Waals surface area (Å²) in [5.41, 5.74) is 0.636. The van der Waals surface area contributed by atoms with Gasteiger partial charge in [0, 0.05) is 24.6 Å². The van der Waals surface area contributed by atoms with Gasteiger partial charge >= 0.3 is 6.09 Å². The van der Waals surface area contributed by atoms with Gasteiger partial charge in [-0.2, -0.15) is 0 Å². The summed E-state index contributed by atoms with van der Waals surface area (Å²) >= 11 is 0. The smallest absolute Gasteiger partial charge is 0.409 e. The summed E-state index contributed by atoms with van der Waals surface area (Å²) in [6, 6.07) is 3.90. The standard InChI is InChI=1S/C17H20F2N2O2/c1-23-17(22)21-9-14(11-6-12(18)8-13(19)7-11)16-15(21)10-2-4-20(16)5-3-10/h6-8,10,14-16H,2-5,9H2,1H3/t14-,15-,16-/m1/s1. The monoisotopic (exact) mass is 322 g/mol. The van der Waals surface area contributed by atoms with Crippen molar-refractivity contribution in [2.75, 3.05) is 26.7 Å². The summed E-state index contributed by atoms with van der Waals surface area (Å²) in [6.07, 6.45) is 1.80. The molecule has 0 saturated carbocycles.